The second-order valence-electron chi connectivity index (χ2n) is 8.46. The van der Waals surface area contributed by atoms with Crippen molar-refractivity contribution in [1.29, 1.82) is 0 Å². The van der Waals surface area contributed by atoms with Gasteiger partial charge in [0, 0.05) is 23.5 Å². The molecule has 0 aromatic heterocycles. The Labute approximate surface area is 202 Å². The highest BCUT2D eigenvalue weighted by Gasteiger charge is 2.46. The first-order chi connectivity index (χ1) is 15.8. The summed E-state index contributed by atoms with van der Waals surface area (Å²) in [5.74, 6) is -0.743. The molecule has 4 rings (SSSR count). The van der Waals surface area contributed by atoms with E-state index in [9.17, 15) is 14.4 Å². The molecule has 2 N–H and O–H groups in total. The molecule has 7 nitrogen and oxygen atoms in total. The Kier molecular flexibility index (Phi) is 7.22. The number of hydrogen-bond donors (Lipinski definition) is 2. The number of carbonyl (C=O) groups excluding carboxylic acids is 3. The van der Waals surface area contributed by atoms with Crippen molar-refractivity contribution < 1.29 is 19.1 Å². The van der Waals surface area contributed by atoms with Crippen LogP contribution < -0.4 is 10.9 Å². The first-order valence-electron chi connectivity index (χ1n) is 10.8. The van der Waals surface area contributed by atoms with Crippen molar-refractivity contribution in [3.8, 4) is 0 Å². The number of nitrogens with one attached hydrogen (secondary N) is 2. The molecule has 0 unspecified atom stereocenters. The number of benzene rings is 2. The van der Waals surface area contributed by atoms with Crippen molar-refractivity contribution in [3.05, 3.63) is 69.7 Å². The summed E-state index contributed by atoms with van der Waals surface area (Å²) in [5, 5.41) is 1.15. The van der Waals surface area contributed by atoms with E-state index >= 15 is 0 Å². The van der Waals surface area contributed by atoms with Gasteiger partial charge in [0.2, 0.25) is 11.8 Å². The van der Waals surface area contributed by atoms with E-state index in [1.807, 2.05) is 35.2 Å². The van der Waals surface area contributed by atoms with Gasteiger partial charge >= 0.3 is 0 Å². The first-order valence-corrected chi connectivity index (χ1v) is 11.6. The molecule has 2 aliphatic rings. The lowest BCUT2D eigenvalue weighted by atomic mass is 9.91. The standard InChI is InChI=1S/C24H25Cl2N3O4/c1-14(30)27-28-21(31)12-20-24(32)29(13-15-5-6-15)22(16-7-9-18(25)10-8-16)23(33-20)17-3-2-4-19(26)11-17/h2-4,7-11,15,20,22-23H,5-6,12-13H2,1H3,(H,27,30)(H,28,31)/t20-,22+,23-/m1/s1. The molecule has 3 atom stereocenters. The predicted molar refractivity (Wildman–Crippen MR) is 124 cm³/mol. The topological polar surface area (TPSA) is 87.7 Å². The zero-order valence-electron chi connectivity index (χ0n) is 18.1. The van der Waals surface area contributed by atoms with E-state index in [-0.39, 0.29) is 12.3 Å². The summed E-state index contributed by atoms with van der Waals surface area (Å²) >= 11 is 12.4. The van der Waals surface area contributed by atoms with Crippen molar-refractivity contribution >= 4 is 40.9 Å². The zero-order valence-corrected chi connectivity index (χ0v) is 19.6. The van der Waals surface area contributed by atoms with Crippen molar-refractivity contribution in [1.82, 2.24) is 15.8 Å². The highest BCUT2D eigenvalue weighted by molar-refractivity contribution is 6.30. The average Bonchev–Trinajstić information content (AvgIpc) is 3.60. The number of amides is 3. The Hall–Kier alpha value is -2.61. The van der Waals surface area contributed by atoms with Gasteiger partial charge in [-0.25, -0.2) is 0 Å². The van der Waals surface area contributed by atoms with Crippen LogP contribution in [-0.4, -0.2) is 35.3 Å². The molecular weight excluding hydrogens is 465 g/mol. The molecule has 0 spiro atoms. The van der Waals surface area contributed by atoms with Gasteiger partial charge in [-0.2, -0.15) is 0 Å². The number of nitrogens with zero attached hydrogens (tertiary/aromatic N) is 1. The van der Waals surface area contributed by atoms with Crippen LogP contribution in [0.4, 0.5) is 0 Å². The Morgan fingerprint density at radius 2 is 1.76 bits per heavy atom. The molecule has 2 aromatic rings. The maximum Gasteiger partial charge on any atom is 0.252 e. The quantitative estimate of drug-likeness (QED) is 0.600. The maximum atomic E-state index is 13.5. The first kappa shape index (κ1) is 23.5. The minimum atomic E-state index is -0.995. The van der Waals surface area contributed by atoms with Crippen molar-refractivity contribution in [2.24, 2.45) is 5.92 Å². The summed E-state index contributed by atoms with van der Waals surface area (Å²) in [6.07, 6.45) is 0.371. The van der Waals surface area contributed by atoms with Gasteiger partial charge in [0.05, 0.1) is 12.5 Å². The lowest BCUT2D eigenvalue weighted by Gasteiger charge is -2.45. The van der Waals surface area contributed by atoms with Gasteiger partial charge < -0.3 is 9.64 Å². The van der Waals surface area contributed by atoms with Crippen LogP contribution in [0.2, 0.25) is 10.0 Å². The van der Waals surface area contributed by atoms with Crippen LogP contribution in [0, 0.1) is 5.92 Å². The van der Waals surface area contributed by atoms with Gasteiger partial charge in [-0.15, -0.1) is 0 Å². The molecule has 174 valence electrons. The van der Waals surface area contributed by atoms with Gasteiger partial charge in [-0.3, -0.25) is 25.2 Å². The van der Waals surface area contributed by atoms with E-state index in [1.165, 1.54) is 6.92 Å². The molecule has 0 radical (unpaired) electrons. The summed E-state index contributed by atoms with van der Waals surface area (Å²) in [6, 6.07) is 14.3. The Morgan fingerprint density at radius 3 is 2.39 bits per heavy atom. The third-order valence-corrected chi connectivity index (χ3v) is 6.27. The van der Waals surface area contributed by atoms with Crippen LogP contribution in [0.3, 0.4) is 0 Å². The van der Waals surface area contributed by atoms with Gasteiger partial charge in [-0.1, -0.05) is 47.5 Å². The van der Waals surface area contributed by atoms with Gasteiger partial charge in [0.15, 0.2) is 0 Å². The molecule has 2 fully saturated rings. The van der Waals surface area contributed by atoms with Crippen LogP contribution in [0.1, 0.15) is 49.5 Å². The summed E-state index contributed by atoms with van der Waals surface area (Å²) in [4.78, 5) is 38.9. The normalized spacial score (nSPS) is 22.7. The van der Waals surface area contributed by atoms with E-state index in [0.717, 1.165) is 24.0 Å². The van der Waals surface area contributed by atoms with Crippen molar-refractivity contribution in [3.63, 3.8) is 0 Å². The molecule has 1 saturated carbocycles. The molecular formula is C24H25Cl2N3O4. The number of morpholine rings is 1. The number of halogens is 2. The van der Waals surface area contributed by atoms with E-state index in [4.69, 9.17) is 27.9 Å². The summed E-state index contributed by atoms with van der Waals surface area (Å²) in [5.41, 5.74) is 6.25. The average molecular weight is 490 g/mol. The van der Waals surface area contributed by atoms with Crippen LogP contribution >= 0.6 is 23.2 Å². The fourth-order valence-electron chi connectivity index (χ4n) is 4.05. The molecule has 1 aliphatic heterocycles. The molecule has 1 aliphatic carbocycles. The van der Waals surface area contributed by atoms with Crippen molar-refractivity contribution in [2.45, 2.75) is 44.4 Å². The fourth-order valence-corrected chi connectivity index (χ4v) is 4.37. The van der Waals surface area contributed by atoms with Crippen LogP contribution in [0.5, 0.6) is 0 Å². The Balaban J connectivity index is 1.69. The van der Waals surface area contributed by atoms with Gasteiger partial charge in [-0.05, 0) is 54.2 Å². The smallest absolute Gasteiger partial charge is 0.252 e. The highest BCUT2D eigenvalue weighted by Crippen LogP contribution is 2.45. The van der Waals surface area contributed by atoms with Crippen molar-refractivity contribution in [2.75, 3.05) is 6.54 Å². The second kappa shape index (κ2) is 10.1. The summed E-state index contributed by atoms with van der Waals surface area (Å²) < 4.78 is 6.29. The fraction of sp³-hybridized carbons (Fsp3) is 0.375. The molecule has 3 amide bonds. The largest absolute Gasteiger partial charge is 0.357 e. The third-order valence-electron chi connectivity index (χ3n) is 5.78. The molecule has 2 aromatic carbocycles. The maximum absolute atomic E-state index is 13.5. The molecule has 1 heterocycles. The van der Waals surface area contributed by atoms with Crippen LogP contribution in [0.25, 0.3) is 0 Å². The van der Waals surface area contributed by atoms with Crippen LogP contribution in [0.15, 0.2) is 48.5 Å². The van der Waals surface area contributed by atoms with E-state index in [0.29, 0.717) is 22.5 Å². The number of hydrazine groups is 1. The van der Waals surface area contributed by atoms with Gasteiger partial charge in [0.25, 0.3) is 5.91 Å². The monoisotopic (exact) mass is 489 g/mol. The molecule has 1 saturated heterocycles. The highest BCUT2D eigenvalue weighted by atomic mass is 35.5. The van der Waals surface area contributed by atoms with Crippen LogP contribution in [-0.2, 0) is 19.1 Å². The van der Waals surface area contributed by atoms with Gasteiger partial charge in [0.1, 0.15) is 12.2 Å². The number of carbonyl (C=O) groups is 3. The third kappa shape index (κ3) is 5.85. The summed E-state index contributed by atoms with van der Waals surface area (Å²) in [7, 11) is 0. The molecule has 9 heteroatoms. The minimum Gasteiger partial charge on any atom is -0.357 e. The predicted octanol–water partition coefficient (Wildman–Crippen LogP) is 3.97. The SMILES string of the molecule is CC(=O)NNC(=O)C[C@H]1O[C@H](c2cccc(Cl)c2)[C@H](c2ccc(Cl)cc2)N(CC2CC2)C1=O. The van der Waals surface area contributed by atoms with E-state index in [2.05, 4.69) is 10.9 Å². The Morgan fingerprint density at radius 1 is 1.03 bits per heavy atom. The van der Waals surface area contributed by atoms with E-state index in [1.54, 1.807) is 18.2 Å². The minimum absolute atomic E-state index is 0.218. The number of hydrogen-bond acceptors (Lipinski definition) is 4. The lowest BCUT2D eigenvalue weighted by Crippen LogP contribution is -2.53. The molecule has 33 heavy (non-hydrogen) atoms. The molecule has 0 bridgehead atoms. The lowest BCUT2D eigenvalue weighted by molar-refractivity contribution is -0.177. The number of rotatable bonds is 6. The zero-order chi connectivity index (χ0) is 23.5. The van der Waals surface area contributed by atoms with E-state index < -0.39 is 30.1 Å². The second-order valence-corrected chi connectivity index (χ2v) is 9.34. The summed E-state index contributed by atoms with van der Waals surface area (Å²) in [6.45, 7) is 1.86. The Bertz CT molecular complexity index is 1040. The number of ether oxygens (including phenoxy) is 1.